The third-order valence-electron chi connectivity index (χ3n) is 5.99. The molecule has 33 heavy (non-hydrogen) atoms. The van der Waals surface area contributed by atoms with Gasteiger partial charge in [0.05, 0.1) is 22.8 Å². The fraction of sp³-hybridized carbons (Fsp3) is 0.269. The molecular weight excluding hydrogens is 414 g/mol. The number of amides is 2. The van der Waals surface area contributed by atoms with Gasteiger partial charge in [0, 0.05) is 36.0 Å². The molecule has 1 aliphatic rings. The molecule has 3 aromatic rings. The number of primary amides is 1. The highest BCUT2D eigenvalue weighted by atomic mass is 16.1. The lowest BCUT2D eigenvalue weighted by Gasteiger charge is -2.30. The Kier molecular flexibility index (Phi) is 6.58. The minimum Gasteiger partial charge on any atom is -0.370 e. The van der Waals surface area contributed by atoms with Crippen molar-refractivity contribution in [3.8, 4) is 5.69 Å². The number of carbonyl (C=O) groups is 2. The number of hydrogen-bond donors (Lipinski definition) is 2. The minimum atomic E-state index is -0.522. The van der Waals surface area contributed by atoms with Crippen molar-refractivity contribution in [1.82, 2.24) is 9.78 Å². The molecule has 0 saturated carbocycles. The zero-order valence-corrected chi connectivity index (χ0v) is 19.0. The Morgan fingerprint density at radius 3 is 2.45 bits per heavy atom. The SMILES string of the molecule is Cc1nn(-c2ccccc2)c(C)c1/C=C\C(=O)Nc1cc(C(N)=O)ccc1N1CCCCC1. The number of nitrogens with one attached hydrogen (secondary N) is 1. The summed E-state index contributed by atoms with van der Waals surface area (Å²) in [5, 5.41) is 7.57. The summed E-state index contributed by atoms with van der Waals surface area (Å²) in [6.45, 7) is 5.75. The van der Waals surface area contributed by atoms with Crippen LogP contribution in [-0.2, 0) is 4.79 Å². The van der Waals surface area contributed by atoms with Gasteiger partial charge in [0.2, 0.25) is 11.8 Å². The second-order valence-corrected chi connectivity index (χ2v) is 8.30. The highest BCUT2D eigenvalue weighted by Gasteiger charge is 2.17. The molecule has 0 radical (unpaired) electrons. The smallest absolute Gasteiger partial charge is 0.248 e. The van der Waals surface area contributed by atoms with Crippen molar-refractivity contribution in [2.45, 2.75) is 33.1 Å². The summed E-state index contributed by atoms with van der Waals surface area (Å²) in [7, 11) is 0. The van der Waals surface area contributed by atoms with Crippen LogP contribution < -0.4 is 16.0 Å². The quantitative estimate of drug-likeness (QED) is 0.558. The van der Waals surface area contributed by atoms with Crippen LogP contribution in [0.2, 0.25) is 0 Å². The van der Waals surface area contributed by atoms with Gasteiger partial charge in [-0.2, -0.15) is 5.10 Å². The molecule has 3 N–H and O–H groups in total. The summed E-state index contributed by atoms with van der Waals surface area (Å²) in [5.74, 6) is -0.799. The first-order valence-corrected chi connectivity index (χ1v) is 11.2. The van der Waals surface area contributed by atoms with Crippen molar-refractivity contribution < 1.29 is 9.59 Å². The van der Waals surface area contributed by atoms with Crippen molar-refractivity contribution in [2.75, 3.05) is 23.3 Å². The molecule has 1 saturated heterocycles. The third-order valence-corrected chi connectivity index (χ3v) is 5.99. The number of rotatable bonds is 6. The van der Waals surface area contributed by atoms with Crippen LogP contribution in [0.5, 0.6) is 0 Å². The van der Waals surface area contributed by atoms with Crippen LogP contribution in [0.15, 0.2) is 54.6 Å². The van der Waals surface area contributed by atoms with E-state index in [1.54, 1.807) is 18.2 Å². The number of para-hydroxylation sites is 1. The van der Waals surface area contributed by atoms with E-state index in [4.69, 9.17) is 5.73 Å². The number of nitrogens with zero attached hydrogens (tertiary/aromatic N) is 3. The Morgan fingerprint density at radius 1 is 1.03 bits per heavy atom. The largest absolute Gasteiger partial charge is 0.370 e. The van der Waals surface area contributed by atoms with Crippen LogP contribution in [0.4, 0.5) is 11.4 Å². The Bertz CT molecular complexity index is 1190. The van der Waals surface area contributed by atoms with Gasteiger partial charge in [-0.3, -0.25) is 9.59 Å². The number of aromatic nitrogens is 2. The maximum Gasteiger partial charge on any atom is 0.248 e. The molecule has 0 atom stereocenters. The average Bonchev–Trinajstić information content (AvgIpc) is 3.12. The second kappa shape index (κ2) is 9.73. The van der Waals surface area contributed by atoms with E-state index in [1.807, 2.05) is 54.9 Å². The number of piperidine rings is 1. The summed E-state index contributed by atoms with van der Waals surface area (Å²) in [5.41, 5.74) is 11.0. The predicted molar refractivity (Wildman–Crippen MR) is 132 cm³/mol. The molecule has 7 nitrogen and oxygen atoms in total. The van der Waals surface area contributed by atoms with Gasteiger partial charge in [-0.05, 0) is 69.5 Å². The number of anilines is 2. The molecule has 1 aromatic heterocycles. The molecule has 1 fully saturated rings. The number of benzene rings is 2. The summed E-state index contributed by atoms with van der Waals surface area (Å²) in [6.07, 6.45) is 6.70. The Balaban J connectivity index is 1.57. The highest BCUT2D eigenvalue weighted by Crippen LogP contribution is 2.30. The fourth-order valence-corrected chi connectivity index (χ4v) is 4.25. The van der Waals surface area contributed by atoms with E-state index in [-0.39, 0.29) is 5.91 Å². The first-order chi connectivity index (χ1) is 15.9. The molecule has 1 aliphatic heterocycles. The lowest BCUT2D eigenvalue weighted by molar-refractivity contribution is -0.111. The molecule has 2 heterocycles. The van der Waals surface area contributed by atoms with E-state index in [0.717, 1.165) is 54.3 Å². The molecule has 4 rings (SSSR count). The normalized spacial score (nSPS) is 13.9. The zero-order valence-electron chi connectivity index (χ0n) is 19.0. The molecule has 0 bridgehead atoms. The second-order valence-electron chi connectivity index (χ2n) is 8.30. The molecule has 2 aromatic carbocycles. The van der Waals surface area contributed by atoms with Gasteiger partial charge in [-0.15, -0.1) is 0 Å². The lowest BCUT2D eigenvalue weighted by atomic mass is 10.1. The first kappa shape index (κ1) is 22.3. The van der Waals surface area contributed by atoms with Gasteiger partial charge < -0.3 is 16.0 Å². The highest BCUT2D eigenvalue weighted by molar-refractivity contribution is 6.05. The monoisotopic (exact) mass is 443 g/mol. The Hall–Kier alpha value is -3.87. The van der Waals surface area contributed by atoms with Crippen LogP contribution in [0.3, 0.4) is 0 Å². The topological polar surface area (TPSA) is 93.2 Å². The average molecular weight is 444 g/mol. The van der Waals surface area contributed by atoms with E-state index in [2.05, 4.69) is 15.3 Å². The van der Waals surface area contributed by atoms with E-state index < -0.39 is 5.91 Å². The first-order valence-electron chi connectivity index (χ1n) is 11.2. The van der Waals surface area contributed by atoms with Crippen molar-refractivity contribution in [1.29, 1.82) is 0 Å². The van der Waals surface area contributed by atoms with Crippen molar-refractivity contribution >= 4 is 29.3 Å². The van der Waals surface area contributed by atoms with Gasteiger partial charge in [0.15, 0.2) is 0 Å². The number of hydrogen-bond acceptors (Lipinski definition) is 4. The molecule has 2 amide bonds. The van der Waals surface area contributed by atoms with Crippen molar-refractivity contribution in [2.24, 2.45) is 5.73 Å². The summed E-state index contributed by atoms with van der Waals surface area (Å²) in [6, 6.07) is 15.1. The molecule has 0 spiro atoms. The molecule has 0 aliphatic carbocycles. The van der Waals surface area contributed by atoms with Crippen LogP contribution in [0, 0.1) is 13.8 Å². The lowest BCUT2D eigenvalue weighted by Crippen LogP contribution is -2.30. The van der Waals surface area contributed by atoms with E-state index >= 15 is 0 Å². The molecule has 170 valence electrons. The van der Waals surface area contributed by atoms with E-state index in [9.17, 15) is 9.59 Å². The Morgan fingerprint density at radius 2 is 1.76 bits per heavy atom. The fourth-order valence-electron chi connectivity index (χ4n) is 4.25. The maximum absolute atomic E-state index is 12.8. The van der Waals surface area contributed by atoms with Crippen LogP contribution >= 0.6 is 0 Å². The summed E-state index contributed by atoms with van der Waals surface area (Å²) < 4.78 is 1.87. The predicted octanol–water partition coefficient (Wildman–Crippen LogP) is 4.23. The van der Waals surface area contributed by atoms with Gasteiger partial charge in [0.1, 0.15) is 0 Å². The number of aryl methyl sites for hydroxylation is 1. The molecule has 7 heteroatoms. The maximum atomic E-state index is 12.8. The van der Waals surface area contributed by atoms with Gasteiger partial charge >= 0.3 is 0 Å². The standard InChI is InChI=1S/C26H29N5O2/c1-18-22(19(2)31(29-18)21-9-5-3-6-10-21)12-14-25(32)28-23-17-20(26(27)33)11-13-24(23)30-15-7-4-8-16-30/h3,5-6,9-14,17H,4,7-8,15-16H2,1-2H3,(H2,27,33)(H,28,32)/b14-12-. The van der Waals surface area contributed by atoms with Crippen molar-refractivity contribution in [3.63, 3.8) is 0 Å². The molecule has 0 unspecified atom stereocenters. The minimum absolute atomic E-state index is 0.277. The van der Waals surface area contributed by atoms with Crippen molar-refractivity contribution in [3.05, 3.63) is 77.1 Å². The number of nitrogens with two attached hydrogens (primary N) is 1. The zero-order chi connectivity index (χ0) is 23.4. The van der Waals surface area contributed by atoms with Gasteiger partial charge in [-0.25, -0.2) is 4.68 Å². The Labute approximate surface area is 193 Å². The number of carbonyl (C=O) groups excluding carboxylic acids is 2. The van der Waals surface area contributed by atoms with E-state index in [0.29, 0.717) is 11.3 Å². The van der Waals surface area contributed by atoms with Crippen LogP contribution in [-0.4, -0.2) is 34.7 Å². The van der Waals surface area contributed by atoms with Gasteiger partial charge in [-0.1, -0.05) is 18.2 Å². The molecular formula is C26H29N5O2. The van der Waals surface area contributed by atoms with E-state index in [1.165, 1.54) is 12.5 Å². The van der Waals surface area contributed by atoms with Gasteiger partial charge in [0.25, 0.3) is 0 Å². The van der Waals surface area contributed by atoms with Crippen LogP contribution in [0.25, 0.3) is 11.8 Å². The summed E-state index contributed by atoms with van der Waals surface area (Å²) >= 11 is 0. The third kappa shape index (κ3) is 4.98. The summed E-state index contributed by atoms with van der Waals surface area (Å²) in [4.78, 5) is 26.8. The van der Waals surface area contributed by atoms with Crippen LogP contribution in [0.1, 0.15) is 46.6 Å².